The van der Waals surface area contributed by atoms with E-state index in [1.807, 2.05) is 6.92 Å². The van der Waals surface area contributed by atoms with Gasteiger partial charge in [0, 0.05) is 5.33 Å². The van der Waals surface area contributed by atoms with E-state index in [0.717, 1.165) is 0 Å². The lowest BCUT2D eigenvalue weighted by atomic mass is 10.1. The van der Waals surface area contributed by atoms with E-state index in [1.54, 1.807) is 13.0 Å². The molecule has 0 saturated carbocycles. The van der Waals surface area contributed by atoms with Crippen molar-refractivity contribution in [2.45, 2.75) is 19.4 Å². The van der Waals surface area contributed by atoms with Crippen molar-refractivity contribution < 1.29 is 14.4 Å². The van der Waals surface area contributed by atoms with Gasteiger partial charge < -0.3 is 4.74 Å². The number of carbonyl (C=O) groups is 1. The van der Waals surface area contributed by atoms with Crippen LogP contribution in [0.3, 0.4) is 0 Å². The lowest BCUT2D eigenvalue weighted by Gasteiger charge is -2.15. The fourth-order valence-corrected chi connectivity index (χ4v) is 1.19. The highest BCUT2D eigenvalue weighted by molar-refractivity contribution is 9.09. The lowest BCUT2D eigenvalue weighted by molar-refractivity contribution is -0.140. The first kappa shape index (κ1) is 10.5. The van der Waals surface area contributed by atoms with Crippen LogP contribution in [0.4, 0.5) is 0 Å². The van der Waals surface area contributed by atoms with Crippen molar-refractivity contribution >= 4 is 21.9 Å². The lowest BCUT2D eigenvalue weighted by Crippen LogP contribution is -2.27. The largest absolute Gasteiger partial charge is 0.461 e. The number of alkyl halides is 1. The van der Waals surface area contributed by atoms with Gasteiger partial charge in [0.1, 0.15) is 11.3 Å². The summed E-state index contributed by atoms with van der Waals surface area (Å²) in [5.74, 6) is -0.382. The highest BCUT2D eigenvalue weighted by Crippen LogP contribution is 2.22. The Balaban J connectivity index is 2.63. The first-order valence-electron chi connectivity index (χ1n) is 4.01. The van der Waals surface area contributed by atoms with Gasteiger partial charge in [-0.25, -0.2) is 4.79 Å². The third-order valence-corrected chi connectivity index (χ3v) is 2.72. The minimum atomic E-state index is -0.470. The molecule has 4 nitrogen and oxygen atoms in total. The monoisotopic (exact) mass is 249 g/mol. The van der Waals surface area contributed by atoms with Crippen molar-refractivity contribution in [3.8, 4) is 0 Å². The predicted molar refractivity (Wildman–Crippen MR) is 51.1 cm³/mol. The fourth-order valence-electron chi connectivity index (χ4n) is 0.911. The van der Waals surface area contributed by atoms with E-state index in [0.29, 0.717) is 17.6 Å². The molecule has 1 aliphatic heterocycles. The first-order chi connectivity index (χ1) is 6.11. The van der Waals surface area contributed by atoms with Gasteiger partial charge in [-0.15, -0.1) is 0 Å². The second kappa shape index (κ2) is 4.11. The van der Waals surface area contributed by atoms with Gasteiger partial charge >= 0.3 is 5.97 Å². The molecule has 74 valence electrons. The van der Waals surface area contributed by atoms with Crippen LogP contribution in [0.15, 0.2) is 11.8 Å². The van der Waals surface area contributed by atoms with Gasteiger partial charge in [0.25, 0.3) is 0 Å². The van der Waals surface area contributed by atoms with Crippen LogP contribution in [-0.4, -0.2) is 23.5 Å². The molecule has 0 amide bonds. The van der Waals surface area contributed by atoms with Crippen LogP contribution in [0.1, 0.15) is 13.8 Å². The van der Waals surface area contributed by atoms with Gasteiger partial charge in [0.2, 0.25) is 0 Å². The van der Waals surface area contributed by atoms with Crippen LogP contribution in [0.5, 0.6) is 0 Å². The van der Waals surface area contributed by atoms with Gasteiger partial charge in [-0.05, 0) is 19.9 Å². The maximum absolute atomic E-state index is 11.2. The van der Waals surface area contributed by atoms with Gasteiger partial charge in [-0.3, -0.25) is 10.3 Å². The molecule has 0 bridgehead atoms. The zero-order valence-corrected chi connectivity index (χ0v) is 9.18. The second-order valence-corrected chi connectivity index (χ2v) is 3.49. The van der Waals surface area contributed by atoms with Crippen molar-refractivity contribution in [3.63, 3.8) is 0 Å². The molecule has 0 aromatic rings. The first-order valence-corrected chi connectivity index (χ1v) is 5.13. The Morgan fingerprint density at radius 1 is 1.85 bits per heavy atom. The number of ether oxygens (including phenoxy) is 1. The zero-order chi connectivity index (χ0) is 9.90. The molecule has 0 aliphatic carbocycles. The molecule has 1 atom stereocenters. The molecule has 1 N–H and O–H groups in total. The van der Waals surface area contributed by atoms with E-state index in [2.05, 4.69) is 21.4 Å². The van der Waals surface area contributed by atoms with Crippen LogP contribution in [0.25, 0.3) is 0 Å². The van der Waals surface area contributed by atoms with Crippen LogP contribution in [0.2, 0.25) is 0 Å². The van der Waals surface area contributed by atoms with Crippen LogP contribution < -0.4 is 5.48 Å². The number of hydroxylamine groups is 1. The van der Waals surface area contributed by atoms with Gasteiger partial charge in [-0.1, -0.05) is 15.9 Å². The molecule has 1 aliphatic rings. The Bertz CT molecular complexity index is 242. The summed E-state index contributed by atoms with van der Waals surface area (Å²) in [4.78, 5) is 16.4. The second-order valence-electron chi connectivity index (χ2n) is 2.93. The number of hydrogen-bond acceptors (Lipinski definition) is 4. The van der Waals surface area contributed by atoms with Crippen LogP contribution in [0, 0.1) is 0 Å². The van der Waals surface area contributed by atoms with E-state index >= 15 is 0 Å². The van der Waals surface area contributed by atoms with Crippen molar-refractivity contribution in [1.29, 1.82) is 0 Å². The molecule has 0 aromatic carbocycles. The van der Waals surface area contributed by atoms with E-state index in [4.69, 9.17) is 9.57 Å². The predicted octanol–water partition coefficient (Wildman–Crippen LogP) is 1.12. The summed E-state index contributed by atoms with van der Waals surface area (Å²) in [6.07, 6.45) is 1.71. The molecule has 1 rings (SSSR count). The summed E-state index contributed by atoms with van der Waals surface area (Å²) in [5, 5.41) is 0.621. The van der Waals surface area contributed by atoms with Gasteiger partial charge in [0.15, 0.2) is 0 Å². The third kappa shape index (κ3) is 2.45. The Labute approximate surface area is 85.4 Å². The third-order valence-electron chi connectivity index (χ3n) is 1.60. The molecule has 0 saturated heterocycles. The number of esters is 1. The molecule has 13 heavy (non-hydrogen) atoms. The highest BCUT2D eigenvalue weighted by atomic mass is 79.9. The van der Waals surface area contributed by atoms with Crippen LogP contribution in [-0.2, 0) is 14.4 Å². The van der Waals surface area contributed by atoms with E-state index in [-0.39, 0.29) is 5.97 Å². The number of nitrogens with one attached hydrogen (secondary N) is 1. The quantitative estimate of drug-likeness (QED) is 0.602. The summed E-state index contributed by atoms with van der Waals surface area (Å²) in [5.41, 5.74) is 2.43. The molecular weight excluding hydrogens is 238 g/mol. The smallest absolute Gasteiger partial charge is 0.356 e. The Kier molecular flexibility index (Phi) is 3.33. The average molecular weight is 250 g/mol. The standard InChI is InChI=1S/C8H12BrNO3/c1-3-12-7(11)6-4-8(2,5-9)13-10-6/h4,10H,3,5H2,1-2H3. The van der Waals surface area contributed by atoms with Crippen molar-refractivity contribution in [2.75, 3.05) is 11.9 Å². The molecule has 0 fully saturated rings. The fraction of sp³-hybridized carbons (Fsp3) is 0.625. The number of carbonyl (C=O) groups excluding carboxylic acids is 1. The highest BCUT2D eigenvalue weighted by Gasteiger charge is 2.31. The average Bonchev–Trinajstić information content (AvgIpc) is 2.50. The minimum absolute atomic E-state index is 0.364. The van der Waals surface area contributed by atoms with Crippen molar-refractivity contribution in [1.82, 2.24) is 5.48 Å². The number of halogens is 1. The summed E-state index contributed by atoms with van der Waals surface area (Å²) < 4.78 is 4.80. The number of hydrogen-bond donors (Lipinski definition) is 1. The summed E-state index contributed by atoms with van der Waals surface area (Å²) in [6.45, 7) is 3.99. The SMILES string of the molecule is CCOC(=O)C1=CC(C)(CBr)ON1. The molecule has 0 spiro atoms. The maximum atomic E-state index is 11.2. The maximum Gasteiger partial charge on any atom is 0.356 e. The Hall–Kier alpha value is -0.550. The molecule has 0 aromatic heterocycles. The normalized spacial score (nSPS) is 26.5. The van der Waals surface area contributed by atoms with E-state index < -0.39 is 5.60 Å². The van der Waals surface area contributed by atoms with Gasteiger partial charge in [-0.2, -0.15) is 0 Å². The summed E-state index contributed by atoms with van der Waals surface area (Å²) in [6, 6.07) is 0. The van der Waals surface area contributed by atoms with Crippen molar-refractivity contribution in [3.05, 3.63) is 11.8 Å². The summed E-state index contributed by atoms with van der Waals surface area (Å²) in [7, 11) is 0. The molecule has 0 radical (unpaired) electrons. The Morgan fingerprint density at radius 3 is 3.00 bits per heavy atom. The van der Waals surface area contributed by atoms with Gasteiger partial charge in [0.05, 0.1) is 6.61 Å². The topological polar surface area (TPSA) is 47.6 Å². The molecular formula is C8H12BrNO3. The Morgan fingerprint density at radius 2 is 2.54 bits per heavy atom. The summed E-state index contributed by atoms with van der Waals surface area (Å²) >= 11 is 3.29. The van der Waals surface area contributed by atoms with E-state index in [9.17, 15) is 4.79 Å². The molecule has 5 heteroatoms. The molecule has 1 heterocycles. The van der Waals surface area contributed by atoms with Crippen LogP contribution >= 0.6 is 15.9 Å². The number of rotatable bonds is 3. The minimum Gasteiger partial charge on any atom is -0.461 e. The van der Waals surface area contributed by atoms with E-state index in [1.165, 1.54) is 0 Å². The van der Waals surface area contributed by atoms with Crippen molar-refractivity contribution in [2.24, 2.45) is 0 Å². The zero-order valence-electron chi connectivity index (χ0n) is 7.59. The molecule has 1 unspecified atom stereocenters.